The summed E-state index contributed by atoms with van der Waals surface area (Å²) in [6, 6.07) is -0.835. The van der Waals surface area contributed by atoms with Crippen LogP contribution in [0.5, 0.6) is 0 Å². The molecule has 0 amide bonds. The molecule has 0 radical (unpaired) electrons. The van der Waals surface area contributed by atoms with Crippen molar-refractivity contribution in [1.82, 2.24) is 20.0 Å². The van der Waals surface area contributed by atoms with Crippen molar-refractivity contribution in [2.24, 2.45) is 4.99 Å². The van der Waals surface area contributed by atoms with Crippen LogP contribution in [-0.4, -0.2) is 92.3 Å². The molecule has 1 aliphatic rings. The number of nitrogens with one attached hydrogen (secondary N) is 1. The van der Waals surface area contributed by atoms with Crippen molar-refractivity contribution in [3.63, 3.8) is 0 Å². The Balaban J connectivity index is 2.30. The van der Waals surface area contributed by atoms with E-state index in [4.69, 9.17) is 0 Å². The van der Waals surface area contributed by atoms with Gasteiger partial charge in [-0.2, -0.15) is 13.2 Å². The molecule has 1 N–H and O–H groups in total. The number of nitrogens with zero attached hydrogens (tertiary/aromatic N) is 4. The predicted octanol–water partition coefficient (Wildman–Crippen LogP) is 2.25. The number of alkyl halides is 3. The lowest BCUT2D eigenvalue weighted by Crippen LogP contribution is -2.56. The van der Waals surface area contributed by atoms with E-state index >= 15 is 0 Å². The molecule has 1 fully saturated rings. The number of hydrogen-bond acceptors (Lipinski definition) is 3. The Labute approximate surface area is 150 Å². The van der Waals surface area contributed by atoms with Crippen LogP contribution in [-0.2, 0) is 0 Å². The first-order valence-corrected chi connectivity index (χ1v) is 9.13. The number of unbranched alkanes of at least 4 members (excludes halogenated alkanes) is 1. The van der Waals surface area contributed by atoms with Crippen LogP contribution >= 0.6 is 0 Å². The molecular formula is C17H34F3N5. The minimum absolute atomic E-state index is 0.403. The van der Waals surface area contributed by atoms with Gasteiger partial charge in [0.25, 0.3) is 0 Å². The van der Waals surface area contributed by atoms with Crippen molar-refractivity contribution < 1.29 is 13.2 Å². The lowest BCUT2D eigenvalue weighted by molar-refractivity contribution is -0.181. The fourth-order valence-corrected chi connectivity index (χ4v) is 2.80. The predicted molar refractivity (Wildman–Crippen MR) is 97.0 cm³/mol. The molecule has 1 rings (SSSR count). The second kappa shape index (κ2) is 10.2. The van der Waals surface area contributed by atoms with Crippen molar-refractivity contribution >= 4 is 5.96 Å². The van der Waals surface area contributed by atoms with Gasteiger partial charge in [0.15, 0.2) is 5.96 Å². The van der Waals surface area contributed by atoms with E-state index in [0.29, 0.717) is 32.2 Å². The van der Waals surface area contributed by atoms with Gasteiger partial charge in [0.05, 0.1) is 0 Å². The van der Waals surface area contributed by atoms with E-state index in [-0.39, 0.29) is 0 Å². The standard InChI is InChI=1S/C17H34F3N5/c1-14(2)23(5)9-7-6-8-22-16(21-4)25-12-10-24(11-13-25)15(3)17(18,19)20/h14-15H,6-13H2,1-5H3,(H,21,22). The van der Waals surface area contributed by atoms with Gasteiger partial charge in [0, 0.05) is 45.8 Å². The average Bonchev–Trinajstić information content (AvgIpc) is 2.56. The van der Waals surface area contributed by atoms with Gasteiger partial charge in [-0.1, -0.05) is 0 Å². The number of halogens is 3. The summed E-state index contributed by atoms with van der Waals surface area (Å²) in [5.41, 5.74) is 0. The zero-order valence-corrected chi connectivity index (χ0v) is 16.2. The fourth-order valence-electron chi connectivity index (χ4n) is 2.80. The molecule has 1 aliphatic heterocycles. The first-order valence-electron chi connectivity index (χ1n) is 9.13. The van der Waals surface area contributed by atoms with E-state index in [2.05, 4.69) is 36.1 Å². The zero-order valence-electron chi connectivity index (χ0n) is 16.2. The smallest absolute Gasteiger partial charge is 0.356 e. The Morgan fingerprint density at radius 1 is 1.12 bits per heavy atom. The quantitative estimate of drug-likeness (QED) is 0.426. The Morgan fingerprint density at radius 2 is 1.72 bits per heavy atom. The van der Waals surface area contributed by atoms with Crippen molar-refractivity contribution in [3.05, 3.63) is 0 Å². The van der Waals surface area contributed by atoms with Gasteiger partial charge in [-0.25, -0.2) is 0 Å². The molecule has 148 valence electrons. The van der Waals surface area contributed by atoms with Crippen molar-refractivity contribution in [2.75, 3.05) is 53.4 Å². The maximum absolute atomic E-state index is 12.8. The Bertz CT molecular complexity index is 404. The monoisotopic (exact) mass is 365 g/mol. The van der Waals surface area contributed by atoms with Crippen LogP contribution in [0.25, 0.3) is 0 Å². The molecule has 25 heavy (non-hydrogen) atoms. The number of piperazine rings is 1. The van der Waals surface area contributed by atoms with Crippen molar-refractivity contribution in [3.8, 4) is 0 Å². The molecule has 0 aliphatic carbocycles. The first kappa shape index (κ1) is 22.0. The Hall–Kier alpha value is -1.02. The van der Waals surface area contributed by atoms with E-state index in [1.165, 1.54) is 11.8 Å². The summed E-state index contributed by atoms with van der Waals surface area (Å²) in [7, 11) is 3.85. The molecule has 0 saturated carbocycles. The van der Waals surface area contributed by atoms with Gasteiger partial charge in [0.2, 0.25) is 0 Å². The third-order valence-electron chi connectivity index (χ3n) is 4.95. The summed E-state index contributed by atoms with van der Waals surface area (Å²) in [6.45, 7) is 9.42. The third kappa shape index (κ3) is 7.40. The van der Waals surface area contributed by atoms with Crippen LogP contribution in [0.4, 0.5) is 13.2 Å². The molecule has 0 spiro atoms. The van der Waals surface area contributed by atoms with Crippen LogP contribution in [0, 0.1) is 0 Å². The van der Waals surface area contributed by atoms with Gasteiger partial charge in [0.1, 0.15) is 6.04 Å². The summed E-state index contributed by atoms with van der Waals surface area (Å²) in [4.78, 5) is 10.1. The summed E-state index contributed by atoms with van der Waals surface area (Å²) < 4.78 is 38.4. The maximum atomic E-state index is 12.8. The second-order valence-electron chi connectivity index (χ2n) is 7.00. The van der Waals surface area contributed by atoms with Gasteiger partial charge >= 0.3 is 6.18 Å². The Morgan fingerprint density at radius 3 is 2.20 bits per heavy atom. The van der Waals surface area contributed by atoms with Gasteiger partial charge < -0.3 is 15.1 Å². The van der Waals surface area contributed by atoms with E-state index < -0.39 is 12.2 Å². The van der Waals surface area contributed by atoms with Crippen LogP contribution in [0.15, 0.2) is 4.99 Å². The molecule has 1 heterocycles. The van der Waals surface area contributed by atoms with Gasteiger partial charge in [-0.15, -0.1) is 0 Å². The highest BCUT2D eigenvalue weighted by atomic mass is 19.4. The van der Waals surface area contributed by atoms with Crippen LogP contribution in [0.3, 0.4) is 0 Å². The number of rotatable bonds is 7. The average molecular weight is 365 g/mol. The second-order valence-corrected chi connectivity index (χ2v) is 7.00. The van der Waals surface area contributed by atoms with E-state index in [1.54, 1.807) is 7.05 Å². The van der Waals surface area contributed by atoms with Gasteiger partial charge in [-0.05, 0) is 47.2 Å². The van der Waals surface area contributed by atoms with Crippen LogP contribution in [0.2, 0.25) is 0 Å². The molecule has 5 nitrogen and oxygen atoms in total. The van der Waals surface area contributed by atoms with E-state index in [0.717, 1.165) is 31.9 Å². The summed E-state index contributed by atoms with van der Waals surface area (Å²) in [5, 5.41) is 3.33. The number of aliphatic imine (C=N–C) groups is 1. The highest BCUT2D eigenvalue weighted by molar-refractivity contribution is 5.79. The lowest BCUT2D eigenvalue weighted by atomic mass is 10.2. The van der Waals surface area contributed by atoms with Gasteiger partial charge in [-0.3, -0.25) is 9.89 Å². The number of guanidine groups is 1. The van der Waals surface area contributed by atoms with E-state index in [1.807, 2.05) is 4.90 Å². The molecule has 0 aromatic heterocycles. The fraction of sp³-hybridized carbons (Fsp3) is 0.941. The normalized spacial score (nSPS) is 19.0. The molecular weight excluding hydrogens is 331 g/mol. The van der Waals surface area contributed by atoms with Crippen LogP contribution < -0.4 is 5.32 Å². The van der Waals surface area contributed by atoms with Crippen molar-refractivity contribution in [1.29, 1.82) is 0 Å². The van der Waals surface area contributed by atoms with Crippen LogP contribution in [0.1, 0.15) is 33.6 Å². The Kier molecular flexibility index (Phi) is 8.99. The summed E-state index contributed by atoms with van der Waals surface area (Å²) in [5.74, 6) is 0.788. The highest BCUT2D eigenvalue weighted by Crippen LogP contribution is 2.25. The maximum Gasteiger partial charge on any atom is 0.403 e. The highest BCUT2D eigenvalue weighted by Gasteiger charge is 2.41. The minimum atomic E-state index is -4.16. The van der Waals surface area contributed by atoms with E-state index in [9.17, 15) is 13.2 Å². The largest absolute Gasteiger partial charge is 0.403 e. The number of hydrogen-bond donors (Lipinski definition) is 1. The summed E-state index contributed by atoms with van der Waals surface area (Å²) >= 11 is 0. The molecule has 1 saturated heterocycles. The first-order chi connectivity index (χ1) is 11.7. The molecule has 0 aromatic rings. The molecule has 0 bridgehead atoms. The SMILES string of the molecule is CN=C(NCCCCN(C)C(C)C)N1CCN(C(C)C(F)(F)F)CC1. The molecule has 0 aromatic carbocycles. The molecule has 1 atom stereocenters. The minimum Gasteiger partial charge on any atom is -0.356 e. The lowest BCUT2D eigenvalue weighted by Gasteiger charge is -2.39. The van der Waals surface area contributed by atoms with Crippen molar-refractivity contribution in [2.45, 2.75) is 51.9 Å². The zero-order chi connectivity index (χ0) is 19.0. The third-order valence-corrected chi connectivity index (χ3v) is 4.95. The topological polar surface area (TPSA) is 34.1 Å². The summed E-state index contributed by atoms with van der Waals surface area (Å²) in [6.07, 6.45) is -2.01. The molecule has 8 heteroatoms. The molecule has 1 unspecified atom stereocenters.